The normalized spacial score (nSPS) is 23.8. The van der Waals surface area contributed by atoms with Gasteiger partial charge in [0.15, 0.2) is 0 Å². The third kappa shape index (κ3) is 2.26. The van der Waals surface area contributed by atoms with Crippen LogP contribution in [0.5, 0.6) is 0 Å². The third-order valence-corrected chi connectivity index (χ3v) is 4.31. The van der Waals surface area contributed by atoms with Crippen LogP contribution in [0.3, 0.4) is 0 Å². The van der Waals surface area contributed by atoms with E-state index < -0.39 is 5.60 Å². The molecular weight excluding hydrogens is 248 g/mol. The highest BCUT2D eigenvalue weighted by Gasteiger charge is 2.34. The van der Waals surface area contributed by atoms with Crippen molar-refractivity contribution in [1.29, 1.82) is 0 Å². The number of aromatic nitrogens is 3. The Balaban J connectivity index is 0.00000133. The molecular formula is C12H17N4OS+. The molecule has 1 fully saturated rings. The van der Waals surface area contributed by atoms with Crippen LogP contribution in [0.15, 0.2) is 18.6 Å². The van der Waals surface area contributed by atoms with Crippen LogP contribution in [0, 0.1) is 5.75 Å². The first-order valence-electron chi connectivity index (χ1n) is 5.94. The topological polar surface area (TPSA) is 73.8 Å². The van der Waals surface area contributed by atoms with Gasteiger partial charge >= 0.3 is 0 Å². The molecule has 0 radical (unpaired) electrons. The summed E-state index contributed by atoms with van der Waals surface area (Å²) < 4.78 is 0. The quantitative estimate of drug-likeness (QED) is 0.741. The maximum atomic E-state index is 10.4. The fourth-order valence-corrected chi connectivity index (χ4v) is 3.06. The number of fused-ring (bicyclic) bond motifs is 1. The van der Waals surface area contributed by atoms with E-state index in [2.05, 4.69) is 26.0 Å². The molecule has 1 saturated heterocycles. The van der Waals surface area contributed by atoms with Crippen LogP contribution in [0.2, 0.25) is 0 Å². The van der Waals surface area contributed by atoms with E-state index in [1.165, 1.54) is 6.33 Å². The maximum absolute atomic E-state index is 10.4. The van der Waals surface area contributed by atoms with Crippen molar-refractivity contribution < 1.29 is 6.53 Å². The van der Waals surface area contributed by atoms with Crippen molar-refractivity contribution in [3.63, 3.8) is 0 Å². The maximum Gasteiger partial charge on any atom is 0.143 e. The molecule has 0 spiro atoms. The van der Waals surface area contributed by atoms with Crippen molar-refractivity contribution in [3.8, 4) is 0 Å². The van der Waals surface area contributed by atoms with Crippen LogP contribution < -0.4 is 5.32 Å². The molecule has 18 heavy (non-hydrogen) atoms. The number of thioether (sulfide) groups is 1. The van der Waals surface area contributed by atoms with Crippen LogP contribution in [0.4, 0.5) is 5.82 Å². The molecule has 0 amide bonds. The highest BCUT2D eigenvalue weighted by Crippen LogP contribution is 2.30. The zero-order valence-corrected chi connectivity index (χ0v) is 10.7. The molecule has 0 unspecified atom stereocenters. The number of hydrogen-bond acceptors (Lipinski definition) is 5. The molecule has 0 aliphatic carbocycles. The third-order valence-electron chi connectivity index (χ3n) is 3.14. The summed E-state index contributed by atoms with van der Waals surface area (Å²) in [5.41, 5.74) is 0.165. The SMILES string of the molecule is O[C@@]1(CNc2ncnc3[nH]ccc23)CC[CH+]SC1.[HH]. The van der Waals surface area contributed by atoms with Gasteiger partial charge < -0.3 is 15.4 Å². The Bertz CT molecular complexity index is 541. The molecule has 3 rings (SSSR count). The highest BCUT2D eigenvalue weighted by atomic mass is 32.2. The lowest BCUT2D eigenvalue weighted by Gasteiger charge is -2.28. The van der Waals surface area contributed by atoms with Gasteiger partial charge in [0.2, 0.25) is 0 Å². The minimum absolute atomic E-state index is 0. The second-order valence-corrected chi connectivity index (χ2v) is 5.51. The van der Waals surface area contributed by atoms with Crippen molar-refractivity contribution in [2.75, 3.05) is 17.6 Å². The second-order valence-electron chi connectivity index (χ2n) is 4.56. The van der Waals surface area contributed by atoms with Crippen molar-refractivity contribution in [2.45, 2.75) is 18.4 Å². The fourth-order valence-electron chi connectivity index (χ4n) is 2.10. The van der Waals surface area contributed by atoms with Gasteiger partial charge in [-0.15, -0.1) is 0 Å². The Kier molecular flexibility index (Phi) is 3.05. The summed E-state index contributed by atoms with van der Waals surface area (Å²) in [6.07, 6.45) is 5.11. The van der Waals surface area contributed by atoms with E-state index in [-0.39, 0.29) is 1.43 Å². The lowest BCUT2D eigenvalue weighted by molar-refractivity contribution is 0.0677. The lowest BCUT2D eigenvalue weighted by Crippen LogP contribution is -2.41. The molecule has 0 bridgehead atoms. The number of rotatable bonds is 3. The molecule has 0 saturated carbocycles. The number of hydrogen-bond donors (Lipinski definition) is 3. The van der Waals surface area contributed by atoms with E-state index in [0.29, 0.717) is 6.54 Å². The number of aromatic amines is 1. The Labute approximate surface area is 111 Å². The molecule has 3 heterocycles. The zero-order chi connectivity index (χ0) is 12.4. The van der Waals surface area contributed by atoms with Crippen molar-refractivity contribution >= 4 is 28.6 Å². The number of anilines is 1. The Morgan fingerprint density at radius 2 is 2.56 bits per heavy atom. The second kappa shape index (κ2) is 4.70. The Hall–Kier alpha value is -1.40. The van der Waals surface area contributed by atoms with Gasteiger partial charge in [0.05, 0.1) is 28.5 Å². The molecule has 96 valence electrons. The monoisotopic (exact) mass is 265 g/mol. The van der Waals surface area contributed by atoms with E-state index in [1.54, 1.807) is 11.8 Å². The minimum atomic E-state index is -0.646. The Morgan fingerprint density at radius 3 is 3.39 bits per heavy atom. The summed E-state index contributed by atoms with van der Waals surface area (Å²) >= 11 is 1.69. The lowest BCUT2D eigenvalue weighted by atomic mass is 10.00. The van der Waals surface area contributed by atoms with Gasteiger partial charge in [-0.1, -0.05) is 0 Å². The van der Waals surface area contributed by atoms with E-state index in [4.69, 9.17) is 0 Å². The van der Waals surface area contributed by atoms with E-state index in [1.807, 2.05) is 12.3 Å². The average molecular weight is 265 g/mol. The predicted octanol–water partition coefficient (Wildman–Crippen LogP) is 2.04. The number of nitrogens with zero attached hydrogens (tertiary/aromatic N) is 2. The predicted molar refractivity (Wildman–Crippen MR) is 75.4 cm³/mol. The van der Waals surface area contributed by atoms with Gasteiger partial charge in [-0.3, -0.25) is 0 Å². The first kappa shape index (κ1) is 11.7. The standard InChI is InChI=1S/C12H15N4OS.H2/c17-12(3-1-5-18-7-12)6-14-11-9-2-4-13-10(9)15-8-16-11;/h2,4-5,8,17H,1,3,6-7H2,(H2,13,14,15,16);1H/q+1;/t12-;/m1./s1. The van der Waals surface area contributed by atoms with Gasteiger partial charge in [0.25, 0.3) is 0 Å². The summed E-state index contributed by atoms with van der Waals surface area (Å²) in [7, 11) is 0. The van der Waals surface area contributed by atoms with Gasteiger partial charge in [-0.2, -0.15) is 0 Å². The molecule has 5 nitrogen and oxygen atoms in total. The van der Waals surface area contributed by atoms with E-state index in [9.17, 15) is 5.11 Å². The Morgan fingerprint density at radius 1 is 1.61 bits per heavy atom. The van der Waals surface area contributed by atoms with Crippen LogP contribution in [-0.2, 0) is 0 Å². The van der Waals surface area contributed by atoms with E-state index in [0.717, 1.165) is 35.4 Å². The van der Waals surface area contributed by atoms with Crippen LogP contribution in [0.25, 0.3) is 11.0 Å². The molecule has 6 heteroatoms. The molecule has 1 aliphatic rings. The first-order valence-corrected chi connectivity index (χ1v) is 6.99. The zero-order valence-electron chi connectivity index (χ0n) is 9.89. The largest absolute Gasteiger partial charge is 0.387 e. The van der Waals surface area contributed by atoms with Gasteiger partial charge in [0, 0.05) is 20.6 Å². The minimum Gasteiger partial charge on any atom is -0.387 e. The van der Waals surface area contributed by atoms with Crippen LogP contribution in [0.1, 0.15) is 14.3 Å². The van der Waals surface area contributed by atoms with Crippen molar-refractivity contribution in [2.24, 2.45) is 0 Å². The summed E-state index contributed by atoms with van der Waals surface area (Å²) in [6, 6.07) is 1.94. The molecule has 1 atom stereocenters. The molecule has 2 aromatic rings. The van der Waals surface area contributed by atoms with Gasteiger partial charge in [0.1, 0.15) is 30.0 Å². The molecule has 3 N–H and O–H groups in total. The molecule has 2 aromatic heterocycles. The number of aliphatic hydroxyl groups is 1. The number of H-pyrrole nitrogens is 1. The summed E-state index contributed by atoms with van der Waals surface area (Å²) in [4.78, 5) is 11.4. The highest BCUT2D eigenvalue weighted by molar-refractivity contribution is 8.01. The van der Waals surface area contributed by atoms with Crippen LogP contribution in [-0.4, -0.2) is 38.0 Å². The van der Waals surface area contributed by atoms with Crippen molar-refractivity contribution in [3.05, 3.63) is 24.3 Å². The van der Waals surface area contributed by atoms with Crippen LogP contribution >= 0.6 is 11.8 Å². The van der Waals surface area contributed by atoms with Gasteiger partial charge in [-0.25, -0.2) is 9.97 Å². The fraction of sp³-hybridized carbons (Fsp3) is 0.417. The van der Waals surface area contributed by atoms with Crippen molar-refractivity contribution in [1.82, 2.24) is 15.0 Å². The summed E-state index contributed by atoms with van der Waals surface area (Å²) in [6.45, 7) is 0.519. The van der Waals surface area contributed by atoms with E-state index >= 15 is 0 Å². The summed E-state index contributed by atoms with van der Waals surface area (Å²) in [5, 5.41) is 14.6. The smallest absolute Gasteiger partial charge is 0.143 e. The van der Waals surface area contributed by atoms with Gasteiger partial charge in [-0.05, 0) is 6.07 Å². The molecule has 0 aromatic carbocycles. The average Bonchev–Trinajstić information content (AvgIpc) is 2.86. The first-order chi connectivity index (χ1) is 8.77. The molecule has 1 aliphatic heterocycles. The number of nitrogens with one attached hydrogen (secondary N) is 2. The summed E-state index contributed by atoms with van der Waals surface area (Å²) in [5.74, 6) is 3.67.